The van der Waals surface area contributed by atoms with E-state index in [1.807, 2.05) is 35.0 Å². The standard InChI is InChI=1S/C10H13N3.C9H13N/c1-10(2,3)9-6-4-5-8-7-11-12-13(8)9;1-9(2,3)8-6-4-5-7-10-8/h4-7H,1-3H3;4-7H,1-3H3. The number of aromatic nitrogens is 4. The molecule has 3 aromatic heterocycles. The lowest BCUT2D eigenvalue weighted by atomic mass is 9.91. The van der Waals surface area contributed by atoms with Crippen molar-refractivity contribution < 1.29 is 0 Å². The van der Waals surface area contributed by atoms with Crippen LogP contribution in [0.3, 0.4) is 0 Å². The molecule has 0 aliphatic rings. The molecular weight excluding hydrogens is 284 g/mol. The molecule has 0 aromatic carbocycles. The highest BCUT2D eigenvalue weighted by Crippen LogP contribution is 2.22. The van der Waals surface area contributed by atoms with E-state index in [0.717, 1.165) is 11.2 Å². The van der Waals surface area contributed by atoms with Gasteiger partial charge in [-0.3, -0.25) is 4.98 Å². The summed E-state index contributed by atoms with van der Waals surface area (Å²) in [6.45, 7) is 13.0. The first-order chi connectivity index (χ1) is 10.7. The van der Waals surface area contributed by atoms with Crippen molar-refractivity contribution in [2.24, 2.45) is 0 Å². The first-order valence-corrected chi connectivity index (χ1v) is 7.91. The second kappa shape index (κ2) is 6.49. The van der Waals surface area contributed by atoms with Gasteiger partial charge < -0.3 is 0 Å². The molecular formula is C19H26N4. The van der Waals surface area contributed by atoms with Gasteiger partial charge in [-0.1, -0.05) is 58.9 Å². The highest BCUT2D eigenvalue weighted by Gasteiger charge is 2.17. The number of nitrogens with zero attached hydrogens (tertiary/aromatic N) is 4. The molecule has 23 heavy (non-hydrogen) atoms. The van der Waals surface area contributed by atoms with Gasteiger partial charge in [0.15, 0.2) is 0 Å². The van der Waals surface area contributed by atoms with Crippen LogP contribution in [-0.4, -0.2) is 19.8 Å². The van der Waals surface area contributed by atoms with Gasteiger partial charge in [-0.15, -0.1) is 5.10 Å². The molecule has 0 atom stereocenters. The first kappa shape index (κ1) is 17.1. The van der Waals surface area contributed by atoms with E-state index >= 15 is 0 Å². The Morgan fingerprint density at radius 3 is 2.09 bits per heavy atom. The third-order valence-corrected chi connectivity index (χ3v) is 3.53. The van der Waals surface area contributed by atoms with E-state index in [2.05, 4.69) is 69.0 Å². The fourth-order valence-electron chi connectivity index (χ4n) is 2.23. The average molecular weight is 310 g/mol. The van der Waals surface area contributed by atoms with E-state index in [-0.39, 0.29) is 10.8 Å². The van der Waals surface area contributed by atoms with Gasteiger partial charge in [-0.05, 0) is 24.3 Å². The van der Waals surface area contributed by atoms with Crippen molar-refractivity contribution >= 4 is 5.52 Å². The highest BCUT2D eigenvalue weighted by molar-refractivity contribution is 5.44. The molecule has 0 N–H and O–H groups in total. The van der Waals surface area contributed by atoms with Crippen molar-refractivity contribution in [3.8, 4) is 0 Å². The molecule has 0 fully saturated rings. The Labute approximate surface area is 138 Å². The van der Waals surface area contributed by atoms with Crippen LogP contribution in [0, 0.1) is 0 Å². The zero-order valence-corrected chi connectivity index (χ0v) is 14.9. The third-order valence-electron chi connectivity index (χ3n) is 3.53. The quantitative estimate of drug-likeness (QED) is 0.618. The number of rotatable bonds is 0. The molecule has 3 rings (SSSR count). The normalized spacial score (nSPS) is 11.9. The van der Waals surface area contributed by atoms with E-state index in [9.17, 15) is 0 Å². The van der Waals surface area contributed by atoms with Crippen LogP contribution in [0.2, 0.25) is 0 Å². The second-order valence-corrected chi connectivity index (χ2v) is 7.70. The molecule has 0 unspecified atom stereocenters. The molecule has 0 spiro atoms. The van der Waals surface area contributed by atoms with E-state index in [1.54, 1.807) is 6.20 Å². The molecule has 122 valence electrons. The van der Waals surface area contributed by atoms with Crippen LogP contribution in [0.25, 0.3) is 5.52 Å². The predicted octanol–water partition coefficient (Wildman–Crippen LogP) is 4.41. The summed E-state index contributed by atoms with van der Waals surface area (Å²) in [6.07, 6.45) is 3.61. The molecule has 0 saturated carbocycles. The monoisotopic (exact) mass is 310 g/mol. The summed E-state index contributed by atoms with van der Waals surface area (Å²) >= 11 is 0. The predicted molar refractivity (Wildman–Crippen MR) is 94.6 cm³/mol. The SMILES string of the molecule is CC(C)(C)c1cccc2cnnn12.CC(C)(C)c1ccccn1. The van der Waals surface area contributed by atoms with Gasteiger partial charge in [-0.2, -0.15) is 0 Å². The summed E-state index contributed by atoms with van der Waals surface area (Å²) in [5.41, 5.74) is 3.67. The first-order valence-electron chi connectivity index (χ1n) is 7.91. The van der Waals surface area contributed by atoms with Gasteiger partial charge in [0.2, 0.25) is 0 Å². The molecule has 0 aliphatic carbocycles. The zero-order valence-electron chi connectivity index (χ0n) is 14.9. The van der Waals surface area contributed by atoms with Crippen molar-refractivity contribution in [1.29, 1.82) is 0 Å². The lowest BCUT2D eigenvalue weighted by Gasteiger charge is -2.19. The fourth-order valence-corrected chi connectivity index (χ4v) is 2.23. The summed E-state index contributed by atoms with van der Waals surface area (Å²) in [6, 6.07) is 12.2. The van der Waals surface area contributed by atoms with Crippen LogP contribution in [-0.2, 0) is 10.8 Å². The van der Waals surface area contributed by atoms with E-state index < -0.39 is 0 Å². The number of hydrogen-bond acceptors (Lipinski definition) is 3. The van der Waals surface area contributed by atoms with Gasteiger partial charge in [-0.25, -0.2) is 4.52 Å². The van der Waals surface area contributed by atoms with Crippen molar-refractivity contribution in [3.05, 3.63) is 60.2 Å². The molecule has 4 heteroatoms. The van der Waals surface area contributed by atoms with E-state index in [4.69, 9.17) is 0 Å². The van der Waals surface area contributed by atoms with Gasteiger partial charge in [0.05, 0.1) is 11.7 Å². The molecule has 3 heterocycles. The van der Waals surface area contributed by atoms with Crippen LogP contribution in [0.5, 0.6) is 0 Å². The summed E-state index contributed by atoms with van der Waals surface area (Å²) in [4.78, 5) is 4.25. The Kier molecular flexibility index (Phi) is 4.83. The lowest BCUT2D eigenvalue weighted by molar-refractivity contribution is 0.544. The van der Waals surface area contributed by atoms with Gasteiger partial charge >= 0.3 is 0 Å². The molecule has 0 radical (unpaired) electrons. The van der Waals surface area contributed by atoms with Crippen LogP contribution < -0.4 is 0 Å². The van der Waals surface area contributed by atoms with Crippen LogP contribution in [0.4, 0.5) is 0 Å². The Balaban J connectivity index is 0.000000174. The smallest absolute Gasteiger partial charge is 0.0868 e. The highest BCUT2D eigenvalue weighted by atomic mass is 15.4. The Hall–Kier alpha value is -2.23. The molecule has 4 nitrogen and oxygen atoms in total. The van der Waals surface area contributed by atoms with Crippen LogP contribution in [0.1, 0.15) is 52.9 Å². The number of fused-ring (bicyclic) bond motifs is 1. The largest absolute Gasteiger partial charge is 0.261 e. The lowest BCUT2D eigenvalue weighted by Crippen LogP contribution is -2.16. The Morgan fingerprint density at radius 2 is 1.57 bits per heavy atom. The molecule has 0 aliphatic heterocycles. The summed E-state index contributed by atoms with van der Waals surface area (Å²) in [5.74, 6) is 0. The number of pyridine rings is 2. The summed E-state index contributed by atoms with van der Waals surface area (Å²) in [7, 11) is 0. The molecule has 0 bridgehead atoms. The summed E-state index contributed by atoms with van der Waals surface area (Å²) in [5, 5.41) is 7.94. The van der Waals surface area contributed by atoms with Crippen LogP contribution in [0.15, 0.2) is 48.8 Å². The molecule has 0 saturated heterocycles. The zero-order chi connectivity index (χ0) is 17.1. The third kappa shape index (κ3) is 4.38. The Bertz CT molecular complexity index is 746. The minimum absolute atomic E-state index is 0.104. The Morgan fingerprint density at radius 1 is 0.826 bits per heavy atom. The van der Waals surface area contributed by atoms with Gasteiger partial charge in [0, 0.05) is 28.4 Å². The van der Waals surface area contributed by atoms with Crippen molar-refractivity contribution in [3.63, 3.8) is 0 Å². The minimum atomic E-state index is 0.104. The van der Waals surface area contributed by atoms with Gasteiger partial charge in [0.1, 0.15) is 0 Å². The number of hydrogen-bond donors (Lipinski definition) is 0. The molecule has 3 aromatic rings. The van der Waals surface area contributed by atoms with Crippen molar-refractivity contribution in [2.45, 2.75) is 52.4 Å². The maximum Gasteiger partial charge on any atom is 0.0868 e. The van der Waals surface area contributed by atoms with E-state index in [0.29, 0.717) is 0 Å². The average Bonchev–Trinajstić information content (AvgIpc) is 2.95. The van der Waals surface area contributed by atoms with Gasteiger partial charge in [0.25, 0.3) is 0 Å². The van der Waals surface area contributed by atoms with Crippen molar-refractivity contribution in [1.82, 2.24) is 19.8 Å². The molecule has 0 amide bonds. The second-order valence-electron chi connectivity index (χ2n) is 7.70. The van der Waals surface area contributed by atoms with Crippen LogP contribution >= 0.6 is 0 Å². The topological polar surface area (TPSA) is 43.1 Å². The van der Waals surface area contributed by atoms with E-state index in [1.165, 1.54) is 5.69 Å². The minimum Gasteiger partial charge on any atom is -0.261 e. The summed E-state index contributed by atoms with van der Waals surface area (Å²) < 4.78 is 1.89. The fraction of sp³-hybridized carbons (Fsp3) is 0.421. The maximum absolute atomic E-state index is 4.25. The van der Waals surface area contributed by atoms with Crippen molar-refractivity contribution in [2.75, 3.05) is 0 Å². The maximum atomic E-state index is 4.25.